The number of nitrogens with zero attached hydrogens (tertiary/aromatic N) is 4. The molecule has 27 heavy (non-hydrogen) atoms. The Bertz CT molecular complexity index is 994. The van der Waals surface area contributed by atoms with Crippen molar-refractivity contribution in [3.05, 3.63) is 35.8 Å². The lowest BCUT2D eigenvalue weighted by molar-refractivity contribution is 0.358. The van der Waals surface area contributed by atoms with Gasteiger partial charge in [0.2, 0.25) is 0 Å². The van der Waals surface area contributed by atoms with E-state index in [4.69, 9.17) is 4.74 Å². The summed E-state index contributed by atoms with van der Waals surface area (Å²) in [7, 11) is 1.30. The summed E-state index contributed by atoms with van der Waals surface area (Å²) in [6, 6.07) is 2.16. The zero-order chi connectivity index (χ0) is 19.9. The molecule has 144 valence electrons. The monoisotopic (exact) mass is 375 g/mol. The minimum atomic E-state index is -0.651. The standard InChI is InChI=1S/C19H23F2N5O/c1-10-16(12-7-14(21)15(27-6)8-13(12)20)17(25-11(2)19(3,4)5)26-18(24-10)22-9-23-26/h7-9,11,25H,1-6H3. The largest absolute Gasteiger partial charge is 0.494 e. The molecule has 1 unspecified atom stereocenters. The Morgan fingerprint density at radius 1 is 1.19 bits per heavy atom. The van der Waals surface area contributed by atoms with E-state index in [1.165, 1.54) is 18.0 Å². The quantitative estimate of drug-likeness (QED) is 0.739. The molecule has 0 aliphatic carbocycles. The van der Waals surface area contributed by atoms with Crippen LogP contribution in [0.5, 0.6) is 5.75 Å². The van der Waals surface area contributed by atoms with Crippen LogP contribution < -0.4 is 10.1 Å². The van der Waals surface area contributed by atoms with Crippen LogP contribution in [0.4, 0.5) is 14.6 Å². The van der Waals surface area contributed by atoms with Gasteiger partial charge in [-0.2, -0.15) is 14.6 Å². The van der Waals surface area contributed by atoms with E-state index in [1.807, 2.05) is 6.92 Å². The van der Waals surface area contributed by atoms with Crippen LogP contribution in [-0.2, 0) is 0 Å². The van der Waals surface area contributed by atoms with E-state index < -0.39 is 11.6 Å². The van der Waals surface area contributed by atoms with Gasteiger partial charge in [0.25, 0.3) is 5.78 Å². The minimum absolute atomic E-state index is 0.0107. The molecular formula is C19H23F2N5O. The predicted octanol–water partition coefficient (Wildman–Crippen LogP) is 4.23. The molecule has 0 aliphatic rings. The van der Waals surface area contributed by atoms with Crippen molar-refractivity contribution in [3.63, 3.8) is 0 Å². The van der Waals surface area contributed by atoms with E-state index in [0.717, 1.165) is 12.1 Å². The Morgan fingerprint density at radius 3 is 2.52 bits per heavy atom. The van der Waals surface area contributed by atoms with Crippen molar-refractivity contribution in [1.29, 1.82) is 0 Å². The number of halogens is 2. The summed E-state index contributed by atoms with van der Waals surface area (Å²) in [6.07, 6.45) is 1.38. The van der Waals surface area contributed by atoms with Crippen molar-refractivity contribution in [1.82, 2.24) is 19.6 Å². The van der Waals surface area contributed by atoms with Gasteiger partial charge in [-0.25, -0.2) is 13.8 Å². The van der Waals surface area contributed by atoms with E-state index in [0.29, 0.717) is 22.9 Å². The minimum Gasteiger partial charge on any atom is -0.494 e. The lowest BCUT2D eigenvalue weighted by Gasteiger charge is -2.30. The summed E-state index contributed by atoms with van der Waals surface area (Å²) in [5.74, 6) is -0.512. The second-order valence-corrected chi connectivity index (χ2v) is 7.59. The Morgan fingerprint density at radius 2 is 1.89 bits per heavy atom. The molecule has 3 aromatic rings. The molecule has 0 spiro atoms. The van der Waals surface area contributed by atoms with E-state index in [9.17, 15) is 8.78 Å². The van der Waals surface area contributed by atoms with E-state index in [-0.39, 0.29) is 22.8 Å². The summed E-state index contributed by atoms with van der Waals surface area (Å²) in [5.41, 5.74) is 0.954. The zero-order valence-corrected chi connectivity index (χ0v) is 16.3. The summed E-state index contributed by atoms with van der Waals surface area (Å²) in [4.78, 5) is 8.51. The molecule has 1 atom stereocenters. The zero-order valence-electron chi connectivity index (χ0n) is 16.3. The Labute approximate surface area is 156 Å². The van der Waals surface area contributed by atoms with Crippen molar-refractivity contribution in [3.8, 4) is 16.9 Å². The van der Waals surface area contributed by atoms with Crippen molar-refractivity contribution in [2.75, 3.05) is 12.4 Å². The summed E-state index contributed by atoms with van der Waals surface area (Å²) >= 11 is 0. The average Bonchev–Trinajstić information content (AvgIpc) is 3.04. The molecule has 2 aromatic heterocycles. The van der Waals surface area contributed by atoms with E-state index >= 15 is 0 Å². The van der Waals surface area contributed by atoms with Gasteiger partial charge in [-0.05, 0) is 25.3 Å². The number of anilines is 1. The van der Waals surface area contributed by atoms with Crippen LogP contribution in [0, 0.1) is 24.0 Å². The van der Waals surface area contributed by atoms with Gasteiger partial charge in [0, 0.05) is 23.2 Å². The van der Waals surface area contributed by atoms with Crippen LogP contribution in [0.2, 0.25) is 0 Å². The third kappa shape index (κ3) is 3.43. The molecule has 0 saturated carbocycles. The van der Waals surface area contributed by atoms with Crippen LogP contribution in [0.3, 0.4) is 0 Å². The Kier molecular flexibility index (Phi) is 4.75. The number of nitrogens with one attached hydrogen (secondary N) is 1. The van der Waals surface area contributed by atoms with Gasteiger partial charge < -0.3 is 10.1 Å². The number of fused-ring (bicyclic) bond motifs is 1. The maximum absolute atomic E-state index is 14.8. The highest BCUT2D eigenvalue weighted by atomic mass is 19.1. The Hall–Kier alpha value is -2.77. The fourth-order valence-corrected chi connectivity index (χ4v) is 2.71. The molecule has 1 aromatic carbocycles. The number of ether oxygens (including phenoxy) is 1. The normalized spacial score (nSPS) is 13.0. The molecule has 6 nitrogen and oxygen atoms in total. The van der Waals surface area contributed by atoms with E-state index in [2.05, 4.69) is 41.2 Å². The van der Waals surface area contributed by atoms with Crippen molar-refractivity contribution in [2.24, 2.45) is 5.41 Å². The topological polar surface area (TPSA) is 64.3 Å². The molecule has 0 radical (unpaired) electrons. The first-order valence-electron chi connectivity index (χ1n) is 8.63. The number of aryl methyl sites for hydroxylation is 1. The Balaban J connectivity index is 2.28. The smallest absolute Gasteiger partial charge is 0.254 e. The third-order valence-electron chi connectivity index (χ3n) is 4.77. The summed E-state index contributed by atoms with van der Waals surface area (Å²) in [6.45, 7) is 10.0. The second-order valence-electron chi connectivity index (χ2n) is 7.59. The number of hydrogen-bond acceptors (Lipinski definition) is 5. The molecule has 3 rings (SSSR count). The fraction of sp³-hybridized carbons (Fsp3) is 0.421. The summed E-state index contributed by atoms with van der Waals surface area (Å²) < 4.78 is 35.5. The molecule has 0 bridgehead atoms. The number of benzene rings is 1. The second kappa shape index (κ2) is 6.75. The average molecular weight is 375 g/mol. The molecule has 1 N–H and O–H groups in total. The van der Waals surface area contributed by atoms with Crippen LogP contribution in [0.15, 0.2) is 18.5 Å². The number of hydrogen-bond donors (Lipinski definition) is 1. The molecule has 0 aliphatic heterocycles. The van der Waals surface area contributed by atoms with Crippen molar-refractivity contribution >= 4 is 11.6 Å². The lowest BCUT2D eigenvalue weighted by Crippen LogP contribution is -2.32. The maximum Gasteiger partial charge on any atom is 0.254 e. The maximum atomic E-state index is 14.8. The third-order valence-corrected chi connectivity index (χ3v) is 4.77. The van der Waals surface area contributed by atoms with Gasteiger partial charge in [-0.1, -0.05) is 20.8 Å². The number of aromatic nitrogens is 4. The van der Waals surface area contributed by atoms with Crippen LogP contribution in [-0.4, -0.2) is 32.7 Å². The molecule has 0 amide bonds. The highest BCUT2D eigenvalue weighted by Gasteiger charge is 2.26. The van der Waals surface area contributed by atoms with Gasteiger partial charge in [-0.15, -0.1) is 0 Å². The molecule has 8 heteroatoms. The number of rotatable bonds is 4. The van der Waals surface area contributed by atoms with Crippen molar-refractivity contribution in [2.45, 2.75) is 40.7 Å². The summed E-state index contributed by atoms with van der Waals surface area (Å²) in [5, 5.41) is 7.60. The molecular weight excluding hydrogens is 352 g/mol. The lowest BCUT2D eigenvalue weighted by atomic mass is 9.88. The first-order chi connectivity index (χ1) is 12.6. The fourth-order valence-electron chi connectivity index (χ4n) is 2.71. The van der Waals surface area contributed by atoms with Gasteiger partial charge >= 0.3 is 0 Å². The van der Waals surface area contributed by atoms with Crippen LogP contribution in [0.25, 0.3) is 16.9 Å². The van der Waals surface area contributed by atoms with Crippen LogP contribution >= 0.6 is 0 Å². The van der Waals surface area contributed by atoms with Gasteiger partial charge in [-0.3, -0.25) is 0 Å². The van der Waals surface area contributed by atoms with Gasteiger partial charge in [0.15, 0.2) is 11.6 Å². The highest BCUT2D eigenvalue weighted by molar-refractivity contribution is 5.79. The number of methoxy groups -OCH3 is 1. The molecule has 0 fully saturated rings. The van der Waals surface area contributed by atoms with E-state index in [1.54, 1.807) is 6.92 Å². The van der Waals surface area contributed by atoms with Crippen molar-refractivity contribution < 1.29 is 13.5 Å². The van der Waals surface area contributed by atoms with Crippen LogP contribution in [0.1, 0.15) is 33.4 Å². The molecule has 2 heterocycles. The first kappa shape index (κ1) is 19.0. The predicted molar refractivity (Wildman–Crippen MR) is 100.0 cm³/mol. The van der Waals surface area contributed by atoms with Gasteiger partial charge in [0.05, 0.1) is 12.8 Å². The highest BCUT2D eigenvalue weighted by Crippen LogP contribution is 2.36. The first-order valence-corrected chi connectivity index (χ1v) is 8.63. The molecule has 0 saturated heterocycles. The SMILES string of the molecule is COc1cc(F)c(-c2c(C)nc3ncnn3c2NC(C)C(C)(C)C)cc1F. The van der Waals surface area contributed by atoms with Gasteiger partial charge in [0.1, 0.15) is 18.0 Å².